The molecule has 0 bridgehead atoms. The SMILES string of the molecule is COCCN1C(=O)CS[C@@H]1c1ccn(-c2ccccc2Br)c1. The minimum atomic E-state index is 0.0754. The number of thioether (sulfide) groups is 1. The average molecular weight is 381 g/mol. The minimum absolute atomic E-state index is 0.0754. The number of aromatic nitrogens is 1. The van der Waals surface area contributed by atoms with E-state index in [4.69, 9.17) is 4.74 Å². The number of rotatable bonds is 5. The van der Waals surface area contributed by atoms with Gasteiger partial charge in [-0.3, -0.25) is 4.79 Å². The Hall–Kier alpha value is -1.24. The predicted molar refractivity (Wildman–Crippen MR) is 92.3 cm³/mol. The Kier molecular flexibility index (Phi) is 4.90. The Balaban J connectivity index is 1.84. The Morgan fingerprint density at radius 1 is 1.36 bits per heavy atom. The number of methoxy groups -OCH3 is 1. The van der Waals surface area contributed by atoms with E-state index < -0.39 is 0 Å². The molecule has 0 N–H and O–H groups in total. The largest absolute Gasteiger partial charge is 0.383 e. The summed E-state index contributed by atoms with van der Waals surface area (Å²) in [5.41, 5.74) is 2.23. The summed E-state index contributed by atoms with van der Waals surface area (Å²) >= 11 is 5.24. The van der Waals surface area contributed by atoms with Crippen molar-refractivity contribution in [2.45, 2.75) is 5.37 Å². The lowest BCUT2D eigenvalue weighted by atomic mass is 10.3. The van der Waals surface area contributed by atoms with Gasteiger partial charge in [0.05, 0.1) is 18.0 Å². The zero-order chi connectivity index (χ0) is 15.5. The van der Waals surface area contributed by atoms with Crippen LogP contribution in [0.1, 0.15) is 10.9 Å². The van der Waals surface area contributed by atoms with Gasteiger partial charge in [0.15, 0.2) is 0 Å². The van der Waals surface area contributed by atoms with Gasteiger partial charge in [0, 0.05) is 36.1 Å². The van der Waals surface area contributed by atoms with Crippen molar-refractivity contribution < 1.29 is 9.53 Å². The maximum atomic E-state index is 12.0. The molecule has 1 aliphatic rings. The van der Waals surface area contributed by atoms with Crippen LogP contribution < -0.4 is 0 Å². The van der Waals surface area contributed by atoms with E-state index in [9.17, 15) is 4.79 Å². The maximum absolute atomic E-state index is 12.0. The van der Waals surface area contributed by atoms with Crippen LogP contribution in [0.5, 0.6) is 0 Å². The Morgan fingerprint density at radius 2 is 2.18 bits per heavy atom. The van der Waals surface area contributed by atoms with Crippen molar-refractivity contribution >= 4 is 33.6 Å². The number of hydrogen-bond acceptors (Lipinski definition) is 3. The van der Waals surface area contributed by atoms with E-state index in [1.54, 1.807) is 18.9 Å². The van der Waals surface area contributed by atoms with Crippen LogP contribution in [0, 0.1) is 0 Å². The molecule has 116 valence electrons. The van der Waals surface area contributed by atoms with Crippen LogP contribution in [0.25, 0.3) is 5.69 Å². The molecule has 0 aliphatic carbocycles. The van der Waals surface area contributed by atoms with Crippen LogP contribution in [0.4, 0.5) is 0 Å². The highest BCUT2D eigenvalue weighted by Gasteiger charge is 2.32. The highest BCUT2D eigenvalue weighted by atomic mass is 79.9. The molecular weight excluding hydrogens is 364 g/mol. The molecule has 0 radical (unpaired) electrons. The first-order valence-electron chi connectivity index (χ1n) is 7.03. The molecule has 1 saturated heterocycles. The van der Waals surface area contributed by atoms with Gasteiger partial charge in [0.2, 0.25) is 5.91 Å². The first-order chi connectivity index (χ1) is 10.7. The average Bonchev–Trinajstić information content (AvgIpc) is 3.12. The fourth-order valence-corrected chi connectivity index (χ4v) is 4.22. The van der Waals surface area contributed by atoms with Crippen molar-refractivity contribution in [3.8, 4) is 5.69 Å². The Morgan fingerprint density at radius 3 is 2.95 bits per heavy atom. The second kappa shape index (κ2) is 6.89. The number of amides is 1. The molecule has 1 aromatic carbocycles. The number of carbonyl (C=O) groups is 1. The molecule has 1 aromatic heterocycles. The molecule has 22 heavy (non-hydrogen) atoms. The summed E-state index contributed by atoms with van der Waals surface area (Å²) in [6.45, 7) is 1.20. The van der Waals surface area contributed by atoms with Gasteiger partial charge < -0.3 is 14.2 Å². The highest BCUT2D eigenvalue weighted by Crippen LogP contribution is 2.39. The first-order valence-corrected chi connectivity index (χ1v) is 8.87. The molecule has 1 amide bonds. The summed E-state index contributed by atoms with van der Waals surface area (Å²) in [6, 6.07) is 10.2. The summed E-state index contributed by atoms with van der Waals surface area (Å²) in [5, 5.41) is 0.0754. The van der Waals surface area contributed by atoms with E-state index >= 15 is 0 Å². The number of halogens is 1. The second-order valence-electron chi connectivity index (χ2n) is 5.05. The lowest BCUT2D eigenvalue weighted by Crippen LogP contribution is -2.31. The van der Waals surface area contributed by atoms with Crippen molar-refractivity contribution in [1.29, 1.82) is 0 Å². The molecule has 6 heteroatoms. The number of ether oxygens (including phenoxy) is 1. The molecule has 1 fully saturated rings. The zero-order valence-electron chi connectivity index (χ0n) is 12.2. The van der Waals surface area contributed by atoms with Gasteiger partial charge in [-0.15, -0.1) is 11.8 Å². The summed E-state index contributed by atoms with van der Waals surface area (Å²) in [5.74, 6) is 0.717. The van der Waals surface area contributed by atoms with Crippen LogP contribution in [-0.2, 0) is 9.53 Å². The van der Waals surface area contributed by atoms with Crippen molar-refractivity contribution in [3.63, 3.8) is 0 Å². The normalized spacial score (nSPS) is 18.2. The predicted octanol–water partition coefficient (Wildman–Crippen LogP) is 3.46. The van der Waals surface area contributed by atoms with Gasteiger partial charge in [-0.2, -0.15) is 0 Å². The number of hydrogen-bond donors (Lipinski definition) is 0. The third-order valence-corrected chi connectivity index (χ3v) is 5.56. The van der Waals surface area contributed by atoms with Crippen molar-refractivity contribution in [2.24, 2.45) is 0 Å². The van der Waals surface area contributed by atoms with E-state index in [-0.39, 0.29) is 11.3 Å². The lowest BCUT2D eigenvalue weighted by Gasteiger charge is -2.22. The second-order valence-corrected chi connectivity index (χ2v) is 6.97. The van der Waals surface area contributed by atoms with Gasteiger partial charge in [0.25, 0.3) is 0 Å². The third-order valence-electron chi connectivity index (χ3n) is 3.64. The smallest absolute Gasteiger partial charge is 0.233 e. The number of carbonyl (C=O) groups excluding carboxylic acids is 1. The van der Waals surface area contributed by atoms with Crippen LogP contribution in [0.2, 0.25) is 0 Å². The summed E-state index contributed by atoms with van der Waals surface area (Å²) in [7, 11) is 1.66. The molecule has 0 unspecified atom stereocenters. The molecule has 1 aliphatic heterocycles. The number of nitrogens with zero attached hydrogens (tertiary/aromatic N) is 2. The molecule has 0 saturated carbocycles. The monoisotopic (exact) mass is 380 g/mol. The molecular formula is C16H17BrN2O2S. The first kappa shape index (κ1) is 15.6. The van der Waals surface area contributed by atoms with Gasteiger partial charge >= 0.3 is 0 Å². The standard InChI is InChI=1S/C16H17BrN2O2S/c1-21-9-8-19-15(20)11-22-16(19)12-6-7-18(10-12)14-5-3-2-4-13(14)17/h2-7,10,16H,8-9,11H2,1H3/t16-/m1/s1. The summed E-state index contributed by atoms with van der Waals surface area (Å²) in [4.78, 5) is 13.9. The van der Waals surface area contributed by atoms with Gasteiger partial charge in [0.1, 0.15) is 5.37 Å². The quantitative estimate of drug-likeness (QED) is 0.796. The molecule has 4 nitrogen and oxygen atoms in total. The van der Waals surface area contributed by atoms with Gasteiger partial charge in [-0.1, -0.05) is 12.1 Å². The summed E-state index contributed by atoms with van der Waals surface area (Å²) < 4.78 is 8.24. The molecule has 0 spiro atoms. The molecule has 1 atom stereocenters. The van der Waals surface area contributed by atoms with E-state index in [0.29, 0.717) is 18.9 Å². The maximum Gasteiger partial charge on any atom is 0.233 e. The van der Waals surface area contributed by atoms with Crippen LogP contribution in [0.3, 0.4) is 0 Å². The fraction of sp³-hybridized carbons (Fsp3) is 0.312. The number of para-hydroxylation sites is 1. The molecule has 3 rings (SSSR count). The Bertz CT molecular complexity index is 674. The van der Waals surface area contributed by atoms with Crippen molar-refractivity contribution in [3.05, 3.63) is 52.8 Å². The van der Waals surface area contributed by atoms with Crippen LogP contribution in [0.15, 0.2) is 47.2 Å². The zero-order valence-corrected chi connectivity index (χ0v) is 14.6. The highest BCUT2D eigenvalue weighted by molar-refractivity contribution is 9.10. The van der Waals surface area contributed by atoms with E-state index in [0.717, 1.165) is 15.7 Å². The number of benzene rings is 1. The van der Waals surface area contributed by atoms with Gasteiger partial charge in [-0.25, -0.2) is 0 Å². The van der Waals surface area contributed by atoms with Gasteiger partial charge in [-0.05, 0) is 34.1 Å². The molecule has 2 aromatic rings. The molecule has 2 heterocycles. The van der Waals surface area contributed by atoms with E-state index in [1.807, 2.05) is 29.3 Å². The Labute approximate surface area is 142 Å². The van der Waals surface area contributed by atoms with E-state index in [2.05, 4.69) is 38.8 Å². The minimum Gasteiger partial charge on any atom is -0.383 e. The van der Waals surface area contributed by atoms with E-state index in [1.165, 1.54) is 0 Å². The van der Waals surface area contributed by atoms with Crippen LogP contribution in [-0.4, -0.2) is 41.4 Å². The van der Waals surface area contributed by atoms with Crippen molar-refractivity contribution in [1.82, 2.24) is 9.47 Å². The van der Waals surface area contributed by atoms with Crippen LogP contribution >= 0.6 is 27.7 Å². The summed E-state index contributed by atoms with van der Waals surface area (Å²) in [6.07, 6.45) is 4.13. The third kappa shape index (κ3) is 3.09. The van der Waals surface area contributed by atoms with Crippen molar-refractivity contribution in [2.75, 3.05) is 26.0 Å². The lowest BCUT2D eigenvalue weighted by molar-refractivity contribution is -0.128. The fourth-order valence-electron chi connectivity index (χ4n) is 2.53. The topological polar surface area (TPSA) is 34.5 Å².